The predicted molar refractivity (Wildman–Crippen MR) is 97.8 cm³/mol. The van der Waals surface area contributed by atoms with Gasteiger partial charge in [0.2, 0.25) is 0 Å². The van der Waals surface area contributed by atoms with Crippen molar-refractivity contribution in [3.05, 3.63) is 65.7 Å². The molecule has 0 saturated carbocycles. The van der Waals surface area contributed by atoms with Crippen LogP contribution in [0, 0.1) is 6.92 Å². The van der Waals surface area contributed by atoms with Crippen LogP contribution >= 0.6 is 0 Å². The van der Waals surface area contributed by atoms with Crippen molar-refractivity contribution in [2.75, 3.05) is 0 Å². The Bertz CT molecular complexity index is 869. The first-order valence-corrected chi connectivity index (χ1v) is 8.63. The molecule has 0 aliphatic rings. The monoisotopic (exact) mass is 353 g/mol. The molecular weight excluding hydrogens is 330 g/mol. The zero-order chi connectivity index (χ0) is 18.5. The molecular formula is C19H23N5O2. The summed E-state index contributed by atoms with van der Waals surface area (Å²) in [5, 5.41) is 11.7. The summed E-state index contributed by atoms with van der Waals surface area (Å²) in [4.78, 5) is 12.4. The smallest absolute Gasteiger partial charge is 0.272 e. The van der Waals surface area contributed by atoms with Crippen LogP contribution in [0.5, 0.6) is 5.75 Å². The molecule has 0 fully saturated rings. The topological polar surface area (TPSA) is 74.0 Å². The lowest BCUT2D eigenvalue weighted by Crippen LogP contribution is -2.27. The number of nitrogens with zero attached hydrogens (tertiary/aromatic N) is 4. The number of ether oxygens (including phenoxy) is 1. The van der Waals surface area contributed by atoms with Gasteiger partial charge in [-0.3, -0.25) is 9.48 Å². The Labute approximate surface area is 152 Å². The molecule has 1 aromatic carbocycles. The minimum atomic E-state index is -0.223. The number of para-hydroxylation sites is 1. The summed E-state index contributed by atoms with van der Waals surface area (Å²) in [6.45, 7) is 6.96. The molecule has 26 heavy (non-hydrogen) atoms. The summed E-state index contributed by atoms with van der Waals surface area (Å²) >= 11 is 0. The Morgan fingerprint density at radius 1 is 1.19 bits per heavy atom. The highest BCUT2D eigenvalue weighted by Gasteiger charge is 2.17. The van der Waals surface area contributed by atoms with Gasteiger partial charge in [0, 0.05) is 24.5 Å². The van der Waals surface area contributed by atoms with Crippen LogP contribution in [0.15, 0.2) is 48.8 Å². The van der Waals surface area contributed by atoms with Crippen LogP contribution in [0.2, 0.25) is 0 Å². The number of rotatable bonds is 7. The summed E-state index contributed by atoms with van der Waals surface area (Å²) in [6, 6.07) is 11.0. The van der Waals surface area contributed by atoms with E-state index >= 15 is 0 Å². The van der Waals surface area contributed by atoms with Crippen LogP contribution in [-0.2, 0) is 13.3 Å². The van der Waals surface area contributed by atoms with E-state index in [-0.39, 0.29) is 18.7 Å². The number of amides is 1. The lowest BCUT2D eigenvalue weighted by molar-refractivity contribution is 0.0932. The summed E-state index contributed by atoms with van der Waals surface area (Å²) in [5.74, 6) is 0.533. The van der Waals surface area contributed by atoms with Crippen molar-refractivity contribution >= 4 is 5.91 Å². The third kappa shape index (κ3) is 4.11. The van der Waals surface area contributed by atoms with Crippen LogP contribution in [0.3, 0.4) is 0 Å². The van der Waals surface area contributed by atoms with Gasteiger partial charge in [-0.05, 0) is 39.0 Å². The maximum atomic E-state index is 12.4. The quantitative estimate of drug-likeness (QED) is 0.709. The van der Waals surface area contributed by atoms with Crippen LogP contribution < -0.4 is 10.1 Å². The number of carbonyl (C=O) groups is 1. The van der Waals surface area contributed by atoms with E-state index in [9.17, 15) is 4.79 Å². The third-order valence-corrected chi connectivity index (χ3v) is 4.10. The number of hydrogen-bond donors (Lipinski definition) is 1. The average Bonchev–Trinajstić information content (AvgIpc) is 3.27. The summed E-state index contributed by atoms with van der Waals surface area (Å²) in [5.41, 5.74) is 2.28. The van der Waals surface area contributed by atoms with Crippen LogP contribution in [-0.4, -0.2) is 25.5 Å². The van der Waals surface area contributed by atoms with Crippen molar-refractivity contribution < 1.29 is 9.53 Å². The molecule has 0 spiro atoms. The van der Waals surface area contributed by atoms with Gasteiger partial charge in [-0.15, -0.1) is 0 Å². The number of aromatic nitrogens is 4. The second kappa shape index (κ2) is 7.86. The zero-order valence-electron chi connectivity index (χ0n) is 15.2. The SMILES string of the molecule is CCn1cc(C(C)NC(=O)c2ccn(COc3ccccc3)n2)c(C)n1. The predicted octanol–water partition coefficient (Wildman–Crippen LogP) is 2.94. The Morgan fingerprint density at radius 3 is 2.65 bits per heavy atom. The lowest BCUT2D eigenvalue weighted by atomic mass is 10.1. The number of nitrogens with one attached hydrogen (secondary N) is 1. The molecule has 0 saturated heterocycles. The molecule has 1 amide bonds. The largest absolute Gasteiger partial charge is 0.471 e. The maximum absolute atomic E-state index is 12.4. The van der Waals surface area contributed by atoms with Crippen LogP contribution in [0.4, 0.5) is 0 Å². The van der Waals surface area contributed by atoms with E-state index in [1.807, 2.05) is 62.0 Å². The van der Waals surface area contributed by atoms with Crippen LogP contribution in [0.1, 0.15) is 41.6 Å². The van der Waals surface area contributed by atoms with E-state index in [2.05, 4.69) is 15.5 Å². The molecule has 2 heterocycles. The fourth-order valence-corrected chi connectivity index (χ4v) is 2.68. The molecule has 7 nitrogen and oxygen atoms in total. The molecule has 1 N–H and O–H groups in total. The molecule has 136 valence electrons. The number of hydrogen-bond acceptors (Lipinski definition) is 4. The van der Waals surface area contributed by atoms with Gasteiger partial charge in [0.1, 0.15) is 11.4 Å². The van der Waals surface area contributed by atoms with E-state index in [0.717, 1.165) is 23.6 Å². The second-order valence-electron chi connectivity index (χ2n) is 6.05. The lowest BCUT2D eigenvalue weighted by Gasteiger charge is -2.12. The van der Waals surface area contributed by atoms with Crippen LogP contribution in [0.25, 0.3) is 0 Å². The van der Waals surface area contributed by atoms with Gasteiger partial charge in [-0.25, -0.2) is 4.68 Å². The first-order valence-electron chi connectivity index (χ1n) is 8.63. The summed E-state index contributed by atoms with van der Waals surface area (Å²) in [6.07, 6.45) is 3.69. The Hall–Kier alpha value is -3.09. The van der Waals surface area contributed by atoms with Gasteiger partial charge in [0.15, 0.2) is 6.73 Å². The molecule has 3 rings (SSSR count). The number of aryl methyl sites for hydroxylation is 2. The fraction of sp³-hybridized carbons (Fsp3) is 0.316. The molecule has 7 heteroatoms. The van der Waals surface area contributed by atoms with Gasteiger partial charge in [-0.1, -0.05) is 18.2 Å². The first kappa shape index (κ1) is 17.7. The van der Waals surface area contributed by atoms with Gasteiger partial charge in [-0.2, -0.15) is 10.2 Å². The molecule has 0 aliphatic heterocycles. The normalized spacial score (nSPS) is 12.0. The van der Waals surface area contributed by atoms with Gasteiger partial charge in [0.25, 0.3) is 5.91 Å². The Balaban J connectivity index is 1.59. The minimum absolute atomic E-state index is 0.145. The third-order valence-electron chi connectivity index (χ3n) is 4.10. The van der Waals surface area contributed by atoms with Crippen molar-refractivity contribution in [3.63, 3.8) is 0 Å². The Kier molecular flexibility index (Phi) is 5.36. The summed E-state index contributed by atoms with van der Waals surface area (Å²) < 4.78 is 9.08. The average molecular weight is 353 g/mol. The van der Waals surface area contributed by atoms with Gasteiger partial charge < -0.3 is 10.1 Å². The van der Waals surface area contributed by atoms with Gasteiger partial charge >= 0.3 is 0 Å². The van der Waals surface area contributed by atoms with E-state index in [1.54, 1.807) is 16.9 Å². The molecule has 1 atom stereocenters. The molecule has 3 aromatic rings. The number of benzene rings is 1. The van der Waals surface area contributed by atoms with E-state index in [1.165, 1.54) is 0 Å². The van der Waals surface area contributed by atoms with Crippen molar-refractivity contribution in [3.8, 4) is 5.75 Å². The highest BCUT2D eigenvalue weighted by atomic mass is 16.5. The molecule has 0 aliphatic carbocycles. The van der Waals surface area contributed by atoms with Crippen molar-refractivity contribution in [2.24, 2.45) is 0 Å². The van der Waals surface area contributed by atoms with E-state index in [4.69, 9.17) is 4.74 Å². The second-order valence-corrected chi connectivity index (χ2v) is 6.05. The van der Waals surface area contributed by atoms with E-state index in [0.29, 0.717) is 5.69 Å². The Morgan fingerprint density at radius 2 is 1.96 bits per heavy atom. The highest BCUT2D eigenvalue weighted by molar-refractivity contribution is 5.92. The highest BCUT2D eigenvalue weighted by Crippen LogP contribution is 2.16. The van der Waals surface area contributed by atoms with Crippen molar-refractivity contribution in [1.82, 2.24) is 24.9 Å². The summed E-state index contributed by atoms with van der Waals surface area (Å²) in [7, 11) is 0. The minimum Gasteiger partial charge on any atom is -0.471 e. The molecule has 1 unspecified atom stereocenters. The van der Waals surface area contributed by atoms with Crippen molar-refractivity contribution in [1.29, 1.82) is 0 Å². The molecule has 2 aromatic heterocycles. The maximum Gasteiger partial charge on any atom is 0.272 e. The molecule has 0 radical (unpaired) electrons. The van der Waals surface area contributed by atoms with Gasteiger partial charge in [0.05, 0.1) is 11.7 Å². The number of carbonyl (C=O) groups excluding carboxylic acids is 1. The molecule has 0 bridgehead atoms. The first-order chi connectivity index (χ1) is 12.6. The van der Waals surface area contributed by atoms with E-state index < -0.39 is 0 Å². The zero-order valence-corrected chi connectivity index (χ0v) is 15.2. The van der Waals surface area contributed by atoms with Crippen molar-refractivity contribution in [2.45, 2.75) is 40.1 Å². The fourth-order valence-electron chi connectivity index (χ4n) is 2.68. The standard InChI is InChI=1S/C19H23N5O2/c1-4-23-12-17(15(3)21-23)14(2)20-19(25)18-10-11-24(22-18)13-26-16-8-6-5-7-9-16/h5-12,14H,4,13H2,1-3H3,(H,20,25).